The van der Waals surface area contributed by atoms with Gasteiger partial charge in [-0.2, -0.15) is 0 Å². The topological polar surface area (TPSA) is 21.1 Å². The maximum Gasteiger partial charge on any atom is 0.0618 e. The molecule has 0 spiro atoms. The minimum atomic E-state index is 0.947. The number of fused-ring (bicyclic) bond motifs is 3. The molecule has 4 rings (SSSR count). The van der Waals surface area contributed by atoms with Crippen LogP contribution in [0.4, 0.5) is 0 Å². The van der Waals surface area contributed by atoms with Crippen molar-refractivity contribution in [1.29, 1.82) is 0 Å². The quantitative estimate of drug-likeness (QED) is 0.595. The summed E-state index contributed by atoms with van der Waals surface area (Å²) >= 11 is 0. The minimum absolute atomic E-state index is 0.947. The van der Waals surface area contributed by atoms with Crippen molar-refractivity contribution in [3.05, 3.63) is 65.1 Å². The van der Waals surface area contributed by atoms with Crippen LogP contribution in [0.25, 0.3) is 10.9 Å². The summed E-state index contributed by atoms with van der Waals surface area (Å²) in [5.74, 6) is 3.25. The number of hydrogen-bond donors (Lipinski definition) is 0. The Labute approximate surface area is 136 Å². The molecule has 3 heterocycles. The molecule has 0 atom stereocenters. The molecule has 1 aromatic carbocycles. The smallest absolute Gasteiger partial charge is 0.0618 e. The van der Waals surface area contributed by atoms with Crippen molar-refractivity contribution < 1.29 is 0 Å². The summed E-state index contributed by atoms with van der Waals surface area (Å²) in [6.07, 6.45) is 4.63. The van der Waals surface area contributed by atoms with Gasteiger partial charge in [0.1, 0.15) is 0 Å². The molecule has 0 unspecified atom stereocenters. The van der Waals surface area contributed by atoms with E-state index in [1.807, 2.05) is 18.3 Å². The van der Waals surface area contributed by atoms with Crippen molar-refractivity contribution >= 4 is 10.9 Å². The first-order valence-corrected chi connectivity index (χ1v) is 7.96. The lowest BCUT2D eigenvalue weighted by molar-refractivity contribution is 0.311. The third kappa shape index (κ3) is 2.52. The van der Waals surface area contributed by atoms with Crippen molar-refractivity contribution in [2.45, 2.75) is 19.9 Å². The Bertz CT molecular complexity index is 926. The fourth-order valence-electron chi connectivity index (χ4n) is 3.29. The Morgan fingerprint density at radius 2 is 2.13 bits per heavy atom. The average molecular weight is 301 g/mol. The zero-order valence-corrected chi connectivity index (χ0v) is 13.5. The Kier molecular flexibility index (Phi) is 3.40. The monoisotopic (exact) mass is 301 g/mol. The molecule has 0 saturated carbocycles. The van der Waals surface area contributed by atoms with Crippen LogP contribution in [0.2, 0.25) is 0 Å². The molecule has 0 N–H and O–H groups in total. The average Bonchev–Trinajstić information content (AvgIpc) is 2.86. The maximum atomic E-state index is 4.14. The SMILES string of the molecule is Cc1ccc2c(c1)c1c(n2C#Cc2cccnc2)CCN(C)C1. The Hall–Kier alpha value is -2.57. The van der Waals surface area contributed by atoms with Gasteiger partial charge in [-0.3, -0.25) is 9.55 Å². The molecule has 114 valence electrons. The highest BCUT2D eigenvalue weighted by Gasteiger charge is 2.21. The summed E-state index contributed by atoms with van der Waals surface area (Å²) in [6, 6.07) is 13.9. The molecule has 0 aliphatic carbocycles. The summed E-state index contributed by atoms with van der Waals surface area (Å²) in [5, 5.41) is 1.34. The largest absolute Gasteiger partial charge is 0.302 e. The summed E-state index contributed by atoms with van der Waals surface area (Å²) in [6.45, 7) is 4.23. The van der Waals surface area contributed by atoms with Crippen molar-refractivity contribution in [3.63, 3.8) is 0 Å². The summed E-state index contributed by atoms with van der Waals surface area (Å²) in [7, 11) is 2.18. The van der Waals surface area contributed by atoms with E-state index in [2.05, 4.69) is 58.6 Å². The minimum Gasteiger partial charge on any atom is -0.302 e. The van der Waals surface area contributed by atoms with Crippen molar-refractivity contribution in [2.75, 3.05) is 13.6 Å². The van der Waals surface area contributed by atoms with Crippen molar-refractivity contribution in [3.8, 4) is 12.0 Å². The van der Waals surface area contributed by atoms with Crippen LogP contribution in [0, 0.1) is 18.9 Å². The molecule has 0 bridgehead atoms. The molecule has 3 heteroatoms. The Morgan fingerprint density at radius 3 is 2.96 bits per heavy atom. The second-order valence-corrected chi connectivity index (χ2v) is 6.25. The second-order valence-electron chi connectivity index (χ2n) is 6.25. The molecule has 0 saturated heterocycles. The first-order chi connectivity index (χ1) is 11.2. The maximum absolute atomic E-state index is 4.14. The second kappa shape index (κ2) is 5.57. The highest BCUT2D eigenvalue weighted by molar-refractivity contribution is 5.87. The lowest BCUT2D eigenvalue weighted by Crippen LogP contribution is -2.27. The van der Waals surface area contributed by atoms with Crippen LogP contribution in [-0.2, 0) is 13.0 Å². The lowest BCUT2D eigenvalue weighted by Gasteiger charge is -2.23. The molecule has 2 aromatic heterocycles. The number of benzene rings is 1. The van der Waals surface area contributed by atoms with Crippen LogP contribution in [0.1, 0.15) is 22.4 Å². The van der Waals surface area contributed by atoms with Gasteiger partial charge in [0.2, 0.25) is 0 Å². The van der Waals surface area contributed by atoms with Gasteiger partial charge in [0.15, 0.2) is 0 Å². The Morgan fingerprint density at radius 1 is 1.22 bits per heavy atom. The fourth-order valence-corrected chi connectivity index (χ4v) is 3.29. The van der Waals surface area contributed by atoms with E-state index in [4.69, 9.17) is 0 Å². The van der Waals surface area contributed by atoms with E-state index in [-0.39, 0.29) is 0 Å². The molecule has 0 amide bonds. The highest BCUT2D eigenvalue weighted by atomic mass is 15.1. The molecular formula is C20H19N3. The summed E-state index contributed by atoms with van der Waals surface area (Å²) in [5.41, 5.74) is 6.25. The Balaban J connectivity index is 1.91. The van der Waals surface area contributed by atoms with Crippen molar-refractivity contribution in [2.24, 2.45) is 0 Å². The van der Waals surface area contributed by atoms with E-state index in [1.165, 1.54) is 27.7 Å². The molecular weight excluding hydrogens is 282 g/mol. The van der Waals surface area contributed by atoms with Gasteiger partial charge in [0.25, 0.3) is 0 Å². The number of hydrogen-bond acceptors (Lipinski definition) is 2. The van der Waals surface area contributed by atoms with Gasteiger partial charge in [-0.1, -0.05) is 11.6 Å². The van der Waals surface area contributed by atoms with Gasteiger partial charge < -0.3 is 4.90 Å². The zero-order chi connectivity index (χ0) is 15.8. The first-order valence-electron chi connectivity index (χ1n) is 7.96. The third-order valence-electron chi connectivity index (χ3n) is 4.47. The fraction of sp³-hybridized carbons (Fsp3) is 0.250. The molecule has 3 aromatic rings. The summed E-state index contributed by atoms with van der Waals surface area (Å²) < 4.78 is 2.18. The van der Waals surface area contributed by atoms with E-state index < -0.39 is 0 Å². The van der Waals surface area contributed by atoms with E-state index in [1.54, 1.807) is 6.20 Å². The number of rotatable bonds is 0. The van der Waals surface area contributed by atoms with Crippen LogP contribution in [0.15, 0.2) is 42.7 Å². The van der Waals surface area contributed by atoms with Crippen LogP contribution >= 0.6 is 0 Å². The van der Waals surface area contributed by atoms with Crippen LogP contribution in [0.3, 0.4) is 0 Å². The van der Waals surface area contributed by atoms with Gasteiger partial charge in [-0.05, 0) is 49.7 Å². The van der Waals surface area contributed by atoms with Crippen LogP contribution in [-0.4, -0.2) is 28.0 Å². The third-order valence-corrected chi connectivity index (χ3v) is 4.47. The predicted molar refractivity (Wildman–Crippen MR) is 93.2 cm³/mol. The van der Waals surface area contributed by atoms with Gasteiger partial charge in [0, 0.05) is 54.6 Å². The lowest BCUT2D eigenvalue weighted by atomic mass is 10.0. The number of nitrogens with zero attached hydrogens (tertiary/aromatic N) is 3. The molecule has 23 heavy (non-hydrogen) atoms. The normalized spacial score (nSPS) is 14.3. The summed E-state index contributed by atoms with van der Waals surface area (Å²) in [4.78, 5) is 6.52. The van der Waals surface area contributed by atoms with E-state index in [9.17, 15) is 0 Å². The number of aromatic nitrogens is 2. The van der Waals surface area contributed by atoms with Crippen LogP contribution < -0.4 is 0 Å². The number of pyridine rings is 1. The number of likely N-dealkylation sites (N-methyl/N-ethyl adjacent to an activating group) is 1. The van der Waals surface area contributed by atoms with Gasteiger partial charge >= 0.3 is 0 Å². The molecule has 1 aliphatic rings. The molecule has 0 radical (unpaired) electrons. The predicted octanol–water partition coefficient (Wildman–Crippen LogP) is 3.19. The van der Waals surface area contributed by atoms with Gasteiger partial charge in [-0.15, -0.1) is 0 Å². The standard InChI is InChI=1S/C20H19N3/c1-15-5-6-19-17(12-15)18-14-22(2)10-8-20(18)23(19)11-7-16-4-3-9-21-13-16/h3-6,9,12-13H,8,10,14H2,1-2H3. The molecule has 3 nitrogen and oxygen atoms in total. The number of aryl methyl sites for hydroxylation is 1. The van der Waals surface area contributed by atoms with Gasteiger partial charge in [-0.25, -0.2) is 0 Å². The zero-order valence-electron chi connectivity index (χ0n) is 13.5. The van der Waals surface area contributed by atoms with E-state index in [0.29, 0.717) is 0 Å². The van der Waals surface area contributed by atoms with Gasteiger partial charge in [0.05, 0.1) is 5.52 Å². The van der Waals surface area contributed by atoms with E-state index in [0.717, 1.165) is 25.1 Å². The van der Waals surface area contributed by atoms with Crippen LogP contribution in [0.5, 0.6) is 0 Å². The highest BCUT2D eigenvalue weighted by Crippen LogP contribution is 2.30. The first kappa shape index (κ1) is 14.0. The van der Waals surface area contributed by atoms with E-state index >= 15 is 0 Å². The molecule has 0 fully saturated rings. The molecule has 1 aliphatic heterocycles. The van der Waals surface area contributed by atoms with Crippen molar-refractivity contribution in [1.82, 2.24) is 14.5 Å².